The number of amides is 2. The number of fused-ring (bicyclic) bond motifs is 1. The SMILES string of the molecule is CC(C)CN(CC(=O)N(CCc1c[nH]c2ccccc12)Cc1ccc(C(F)(F)F)cc1)C(=O)COc1ccccc1. The summed E-state index contributed by atoms with van der Waals surface area (Å²) in [7, 11) is 0. The number of nitrogens with zero attached hydrogens (tertiary/aromatic N) is 2. The summed E-state index contributed by atoms with van der Waals surface area (Å²) in [6, 6.07) is 21.6. The van der Waals surface area contributed by atoms with E-state index < -0.39 is 11.7 Å². The lowest BCUT2D eigenvalue weighted by molar-refractivity contribution is -0.142. The Morgan fingerprint density at radius 1 is 0.878 bits per heavy atom. The maximum Gasteiger partial charge on any atom is 0.416 e. The third kappa shape index (κ3) is 8.36. The lowest BCUT2D eigenvalue weighted by Crippen LogP contribution is -2.46. The van der Waals surface area contributed by atoms with Crippen LogP contribution >= 0.6 is 0 Å². The van der Waals surface area contributed by atoms with E-state index in [2.05, 4.69) is 4.98 Å². The van der Waals surface area contributed by atoms with E-state index in [1.165, 1.54) is 17.0 Å². The van der Waals surface area contributed by atoms with Gasteiger partial charge in [-0.3, -0.25) is 9.59 Å². The van der Waals surface area contributed by atoms with Crippen molar-refractivity contribution in [3.8, 4) is 5.75 Å². The van der Waals surface area contributed by atoms with Crippen LogP contribution in [-0.2, 0) is 28.7 Å². The molecular weight excluding hydrogens is 531 g/mol. The van der Waals surface area contributed by atoms with Gasteiger partial charge in [0, 0.05) is 36.7 Å². The Morgan fingerprint density at radius 3 is 2.24 bits per heavy atom. The van der Waals surface area contributed by atoms with Crippen LogP contribution < -0.4 is 4.74 Å². The highest BCUT2D eigenvalue weighted by Gasteiger charge is 2.30. The van der Waals surface area contributed by atoms with Crippen LogP contribution in [0.5, 0.6) is 5.75 Å². The number of aromatic nitrogens is 1. The Labute approximate surface area is 237 Å². The summed E-state index contributed by atoms with van der Waals surface area (Å²) in [5.41, 5.74) is 1.83. The number of aromatic amines is 1. The number of nitrogens with one attached hydrogen (secondary N) is 1. The molecule has 216 valence electrons. The molecule has 0 unspecified atom stereocenters. The molecule has 0 atom stereocenters. The Balaban J connectivity index is 1.51. The van der Waals surface area contributed by atoms with Gasteiger partial charge < -0.3 is 19.5 Å². The number of carbonyl (C=O) groups is 2. The van der Waals surface area contributed by atoms with Gasteiger partial charge in [0.05, 0.1) is 12.1 Å². The monoisotopic (exact) mass is 565 g/mol. The summed E-state index contributed by atoms with van der Waals surface area (Å²) in [4.78, 5) is 33.1. The number of alkyl halides is 3. The molecule has 6 nitrogen and oxygen atoms in total. The van der Waals surface area contributed by atoms with Crippen LogP contribution in [-0.4, -0.2) is 52.8 Å². The molecule has 3 aromatic carbocycles. The Kier molecular flexibility index (Phi) is 9.70. The summed E-state index contributed by atoms with van der Waals surface area (Å²) in [6.07, 6.45) is -2.00. The highest BCUT2D eigenvalue weighted by Crippen LogP contribution is 2.29. The Bertz CT molecular complexity index is 1430. The van der Waals surface area contributed by atoms with Gasteiger partial charge in [-0.1, -0.05) is 62.4 Å². The van der Waals surface area contributed by atoms with Crippen molar-refractivity contribution in [2.45, 2.75) is 33.0 Å². The number of hydrogen-bond acceptors (Lipinski definition) is 3. The lowest BCUT2D eigenvalue weighted by Gasteiger charge is -2.29. The van der Waals surface area contributed by atoms with E-state index in [1.807, 2.05) is 62.5 Å². The fourth-order valence-electron chi connectivity index (χ4n) is 4.62. The molecular formula is C32H34F3N3O3. The average molecular weight is 566 g/mol. The zero-order valence-electron chi connectivity index (χ0n) is 23.2. The number of H-pyrrole nitrogens is 1. The molecule has 0 radical (unpaired) electrons. The number of hydrogen-bond donors (Lipinski definition) is 1. The predicted octanol–water partition coefficient (Wildman–Crippen LogP) is 6.32. The normalized spacial score (nSPS) is 11.6. The minimum Gasteiger partial charge on any atom is -0.484 e. The zero-order valence-corrected chi connectivity index (χ0v) is 23.2. The summed E-state index contributed by atoms with van der Waals surface area (Å²) in [5, 5.41) is 1.05. The topological polar surface area (TPSA) is 65.6 Å². The van der Waals surface area contributed by atoms with Crippen molar-refractivity contribution in [3.05, 3.63) is 102 Å². The second-order valence-electron chi connectivity index (χ2n) is 10.4. The predicted molar refractivity (Wildman–Crippen MR) is 152 cm³/mol. The molecule has 0 saturated carbocycles. The van der Waals surface area contributed by atoms with Crippen LogP contribution in [0.3, 0.4) is 0 Å². The molecule has 9 heteroatoms. The van der Waals surface area contributed by atoms with Crippen LogP contribution in [0, 0.1) is 5.92 Å². The number of ether oxygens (including phenoxy) is 1. The van der Waals surface area contributed by atoms with Crippen molar-refractivity contribution < 1.29 is 27.5 Å². The van der Waals surface area contributed by atoms with Gasteiger partial charge >= 0.3 is 6.18 Å². The maximum absolute atomic E-state index is 13.7. The molecule has 0 bridgehead atoms. The Hall–Kier alpha value is -4.27. The molecule has 1 aromatic heterocycles. The zero-order chi connectivity index (χ0) is 29.4. The van der Waals surface area contributed by atoms with Gasteiger partial charge in [0.1, 0.15) is 5.75 Å². The molecule has 1 heterocycles. The largest absolute Gasteiger partial charge is 0.484 e. The lowest BCUT2D eigenvalue weighted by atomic mass is 10.1. The second-order valence-corrected chi connectivity index (χ2v) is 10.4. The first kappa shape index (κ1) is 29.7. The molecule has 4 rings (SSSR count). The van der Waals surface area contributed by atoms with E-state index in [9.17, 15) is 22.8 Å². The van der Waals surface area contributed by atoms with Crippen molar-refractivity contribution in [1.82, 2.24) is 14.8 Å². The number of rotatable bonds is 12. The quantitative estimate of drug-likeness (QED) is 0.219. The van der Waals surface area contributed by atoms with Gasteiger partial charge in [-0.15, -0.1) is 0 Å². The molecule has 0 aliphatic heterocycles. The summed E-state index contributed by atoms with van der Waals surface area (Å²) in [5.74, 6) is 0.0536. The van der Waals surface area contributed by atoms with Gasteiger partial charge in [-0.2, -0.15) is 13.2 Å². The fourth-order valence-corrected chi connectivity index (χ4v) is 4.62. The maximum atomic E-state index is 13.7. The molecule has 2 amide bonds. The van der Waals surface area contributed by atoms with E-state index in [-0.39, 0.29) is 37.4 Å². The highest BCUT2D eigenvalue weighted by atomic mass is 19.4. The standard InChI is InChI=1S/C32H34F3N3O3/c1-23(2)19-38(31(40)22-41-27-8-4-3-5-9-27)21-30(39)37(20-24-12-14-26(15-13-24)32(33,34)35)17-16-25-18-36-29-11-7-6-10-28(25)29/h3-15,18,23,36H,16-17,19-22H2,1-2H3. The Morgan fingerprint density at radius 2 is 1.56 bits per heavy atom. The first-order chi connectivity index (χ1) is 19.6. The van der Waals surface area contributed by atoms with Crippen molar-refractivity contribution in [2.75, 3.05) is 26.2 Å². The van der Waals surface area contributed by atoms with E-state index in [0.717, 1.165) is 28.6 Å². The van der Waals surface area contributed by atoms with E-state index in [4.69, 9.17) is 4.74 Å². The minimum absolute atomic E-state index is 0.109. The van der Waals surface area contributed by atoms with Crippen LogP contribution in [0.25, 0.3) is 10.9 Å². The van der Waals surface area contributed by atoms with E-state index >= 15 is 0 Å². The van der Waals surface area contributed by atoms with Gasteiger partial charge in [-0.25, -0.2) is 0 Å². The van der Waals surface area contributed by atoms with E-state index in [1.54, 1.807) is 17.0 Å². The van der Waals surface area contributed by atoms with Crippen LogP contribution in [0.2, 0.25) is 0 Å². The van der Waals surface area contributed by atoms with Crippen molar-refractivity contribution in [1.29, 1.82) is 0 Å². The van der Waals surface area contributed by atoms with Crippen LogP contribution in [0.4, 0.5) is 13.2 Å². The number of benzene rings is 3. The molecule has 0 spiro atoms. The molecule has 0 saturated heterocycles. The number of para-hydroxylation sites is 2. The van der Waals surface area contributed by atoms with Crippen molar-refractivity contribution in [2.24, 2.45) is 5.92 Å². The summed E-state index contributed by atoms with van der Waals surface area (Å²) >= 11 is 0. The minimum atomic E-state index is -4.44. The van der Waals surface area contributed by atoms with Crippen molar-refractivity contribution in [3.63, 3.8) is 0 Å². The third-order valence-electron chi connectivity index (χ3n) is 6.70. The third-order valence-corrected chi connectivity index (χ3v) is 6.70. The first-order valence-electron chi connectivity index (χ1n) is 13.5. The molecule has 41 heavy (non-hydrogen) atoms. The fraction of sp³-hybridized carbons (Fsp3) is 0.312. The molecule has 0 aliphatic rings. The molecule has 4 aromatic rings. The van der Waals surface area contributed by atoms with Crippen LogP contribution in [0.1, 0.15) is 30.5 Å². The average Bonchev–Trinajstić information content (AvgIpc) is 3.36. The molecule has 1 N–H and O–H groups in total. The number of halogens is 3. The first-order valence-corrected chi connectivity index (χ1v) is 13.5. The summed E-state index contributed by atoms with van der Waals surface area (Å²) < 4.78 is 44.9. The van der Waals surface area contributed by atoms with Gasteiger partial charge in [-0.05, 0) is 53.8 Å². The van der Waals surface area contributed by atoms with Gasteiger partial charge in [0.25, 0.3) is 5.91 Å². The highest BCUT2D eigenvalue weighted by molar-refractivity contribution is 5.86. The molecule has 0 fully saturated rings. The van der Waals surface area contributed by atoms with Gasteiger partial charge in [0.2, 0.25) is 5.91 Å². The van der Waals surface area contributed by atoms with Crippen LogP contribution in [0.15, 0.2) is 85.1 Å². The smallest absolute Gasteiger partial charge is 0.416 e. The van der Waals surface area contributed by atoms with E-state index in [0.29, 0.717) is 30.8 Å². The number of carbonyl (C=O) groups excluding carboxylic acids is 2. The molecule has 0 aliphatic carbocycles. The summed E-state index contributed by atoms with van der Waals surface area (Å²) in [6.45, 7) is 4.34. The second kappa shape index (κ2) is 13.4. The van der Waals surface area contributed by atoms with Crippen molar-refractivity contribution >= 4 is 22.7 Å². The van der Waals surface area contributed by atoms with Gasteiger partial charge in [0.15, 0.2) is 6.61 Å².